The number of hydrogen-bond acceptors (Lipinski definition) is 7. The van der Waals surface area contributed by atoms with Gasteiger partial charge in [-0.15, -0.1) is 5.10 Å². The number of pyridine rings is 1. The average Bonchev–Trinajstić information content (AvgIpc) is 3.07. The Morgan fingerprint density at radius 1 is 1.07 bits per heavy atom. The minimum absolute atomic E-state index is 0.438. The summed E-state index contributed by atoms with van der Waals surface area (Å²) >= 11 is 0. The van der Waals surface area contributed by atoms with E-state index in [9.17, 15) is 0 Å². The second-order valence-corrected chi connectivity index (χ2v) is 7.19. The van der Waals surface area contributed by atoms with Gasteiger partial charge >= 0.3 is 0 Å². The van der Waals surface area contributed by atoms with Gasteiger partial charge in [0, 0.05) is 48.0 Å². The first-order valence-electron chi connectivity index (χ1n) is 9.02. The summed E-state index contributed by atoms with van der Waals surface area (Å²) in [7, 11) is 4.25. The molecule has 1 aliphatic carbocycles. The number of nitrogens with zero attached hydrogens (tertiary/aromatic N) is 7. The predicted octanol–water partition coefficient (Wildman–Crippen LogP) is 2.24. The van der Waals surface area contributed by atoms with E-state index in [0.717, 1.165) is 35.0 Å². The van der Waals surface area contributed by atoms with E-state index in [0.29, 0.717) is 23.7 Å². The monoisotopic (exact) mass is 360 g/mol. The maximum atomic E-state index is 4.61. The van der Waals surface area contributed by atoms with Gasteiger partial charge in [0.15, 0.2) is 5.65 Å². The summed E-state index contributed by atoms with van der Waals surface area (Å²) < 4.78 is 1.85. The Balaban J connectivity index is 1.41. The van der Waals surface area contributed by atoms with Crippen LogP contribution in [0.2, 0.25) is 0 Å². The molecular formula is C19H20N8. The molecule has 1 aliphatic rings. The van der Waals surface area contributed by atoms with E-state index in [1.165, 1.54) is 0 Å². The maximum absolute atomic E-state index is 4.61. The van der Waals surface area contributed by atoms with Gasteiger partial charge in [-0.3, -0.25) is 4.98 Å². The van der Waals surface area contributed by atoms with Crippen molar-refractivity contribution < 1.29 is 0 Å². The standard InChI is InChI=1S/C19H20N8/c1-26(2)14-8-13(9-14)24-19-23-11-17-15(3-6-27(17)25-19)12-7-16-18(22-10-12)21-5-4-20-16/h3-7,10-11,13-14H,8-9H2,1-2H3,(H,24,25). The largest absolute Gasteiger partial charge is 0.350 e. The highest BCUT2D eigenvalue weighted by Crippen LogP contribution is 2.28. The van der Waals surface area contributed by atoms with Crippen LogP contribution < -0.4 is 5.32 Å². The van der Waals surface area contributed by atoms with Crippen molar-refractivity contribution in [2.24, 2.45) is 0 Å². The molecule has 1 fully saturated rings. The van der Waals surface area contributed by atoms with Crippen molar-refractivity contribution in [3.8, 4) is 11.1 Å². The van der Waals surface area contributed by atoms with Crippen LogP contribution in [-0.2, 0) is 0 Å². The minimum atomic E-state index is 0.438. The highest BCUT2D eigenvalue weighted by atomic mass is 15.3. The van der Waals surface area contributed by atoms with Crippen molar-refractivity contribution >= 4 is 22.6 Å². The van der Waals surface area contributed by atoms with Crippen LogP contribution in [0, 0.1) is 0 Å². The smallest absolute Gasteiger partial charge is 0.241 e. The normalized spacial score (nSPS) is 19.5. The molecule has 4 aromatic heterocycles. The summed E-state index contributed by atoms with van der Waals surface area (Å²) in [6, 6.07) is 5.10. The third kappa shape index (κ3) is 2.87. The lowest BCUT2D eigenvalue weighted by atomic mass is 9.86. The first kappa shape index (κ1) is 16.1. The predicted molar refractivity (Wildman–Crippen MR) is 103 cm³/mol. The third-order valence-corrected chi connectivity index (χ3v) is 5.23. The Labute approximate surface area is 156 Å². The van der Waals surface area contributed by atoms with Crippen LogP contribution in [0.1, 0.15) is 12.8 Å². The van der Waals surface area contributed by atoms with Crippen LogP contribution in [0.25, 0.3) is 27.8 Å². The van der Waals surface area contributed by atoms with Crippen LogP contribution in [0.15, 0.2) is 43.1 Å². The number of rotatable bonds is 4. The SMILES string of the molecule is CN(C)C1CC(Nc2ncc3c(-c4cnc5nccnc5c4)ccn3n2)C1. The highest BCUT2D eigenvalue weighted by molar-refractivity contribution is 5.84. The third-order valence-electron chi connectivity index (χ3n) is 5.23. The molecule has 4 aromatic rings. The lowest BCUT2D eigenvalue weighted by molar-refractivity contribution is 0.177. The van der Waals surface area contributed by atoms with Crippen molar-refractivity contribution in [1.82, 2.24) is 34.4 Å². The molecule has 8 nitrogen and oxygen atoms in total. The van der Waals surface area contributed by atoms with E-state index in [-0.39, 0.29) is 0 Å². The minimum Gasteiger partial charge on any atom is -0.350 e. The van der Waals surface area contributed by atoms with Gasteiger partial charge in [0.25, 0.3) is 0 Å². The second kappa shape index (κ2) is 6.24. The van der Waals surface area contributed by atoms with Gasteiger partial charge in [0.05, 0.1) is 11.7 Å². The van der Waals surface area contributed by atoms with Crippen LogP contribution in [0.4, 0.5) is 5.95 Å². The molecule has 1 saturated carbocycles. The molecule has 5 rings (SSSR count). The molecular weight excluding hydrogens is 340 g/mol. The fraction of sp³-hybridized carbons (Fsp3) is 0.316. The van der Waals surface area contributed by atoms with Gasteiger partial charge in [0.2, 0.25) is 5.95 Å². The fourth-order valence-corrected chi connectivity index (χ4v) is 3.53. The molecule has 0 spiro atoms. The second-order valence-electron chi connectivity index (χ2n) is 7.19. The summed E-state index contributed by atoms with van der Waals surface area (Å²) in [5.74, 6) is 0.661. The summed E-state index contributed by atoms with van der Waals surface area (Å²) in [6.45, 7) is 0. The lowest BCUT2D eigenvalue weighted by Gasteiger charge is -2.39. The van der Waals surface area contributed by atoms with E-state index in [4.69, 9.17) is 0 Å². The Kier molecular flexibility index (Phi) is 3.71. The van der Waals surface area contributed by atoms with Crippen LogP contribution in [0.3, 0.4) is 0 Å². The van der Waals surface area contributed by atoms with E-state index >= 15 is 0 Å². The quantitative estimate of drug-likeness (QED) is 0.597. The van der Waals surface area contributed by atoms with Crippen molar-refractivity contribution in [2.45, 2.75) is 24.9 Å². The van der Waals surface area contributed by atoms with Crippen LogP contribution in [-0.4, -0.2) is 60.6 Å². The molecule has 0 bridgehead atoms. The zero-order valence-electron chi connectivity index (χ0n) is 15.2. The van der Waals surface area contributed by atoms with Gasteiger partial charge < -0.3 is 10.2 Å². The molecule has 0 unspecified atom stereocenters. The Bertz CT molecular complexity index is 1110. The lowest BCUT2D eigenvalue weighted by Crippen LogP contribution is -2.47. The van der Waals surface area contributed by atoms with Gasteiger partial charge in [-0.2, -0.15) is 0 Å². The molecule has 8 heteroatoms. The van der Waals surface area contributed by atoms with Gasteiger partial charge in [0.1, 0.15) is 5.52 Å². The number of anilines is 1. The van der Waals surface area contributed by atoms with Gasteiger partial charge in [-0.1, -0.05) is 0 Å². The maximum Gasteiger partial charge on any atom is 0.241 e. The first-order valence-corrected chi connectivity index (χ1v) is 9.02. The molecule has 0 aliphatic heterocycles. The number of aromatic nitrogens is 6. The Morgan fingerprint density at radius 3 is 2.78 bits per heavy atom. The van der Waals surface area contributed by atoms with Gasteiger partial charge in [-0.25, -0.2) is 19.5 Å². The van der Waals surface area contributed by atoms with Crippen molar-refractivity contribution in [2.75, 3.05) is 19.4 Å². The molecule has 27 heavy (non-hydrogen) atoms. The zero-order chi connectivity index (χ0) is 18.4. The molecule has 0 aromatic carbocycles. The van der Waals surface area contributed by atoms with Crippen molar-refractivity contribution in [3.05, 3.63) is 43.1 Å². The molecule has 4 heterocycles. The molecule has 136 valence electrons. The summed E-state index contributed by atoms with van der Waals surface area (Å²) in [5, 5.41) is 8.04. The van der Waals surface area contributed by atoms with E-state index in [1.54, 1.807) is 12.4 Å². The first-order chi connectivity index (χ1) is 13.2. The van der Waals surface area contributed by atoms with Crippen LogP contribution in [0.5, 0.6) is 0 Å². The van der Waals surface area contributed by atoms with E-state index in [1.807, 2.05) is 35.2 Å². The Morgan fingerprint density at radius 2 is 1.93 bits per heavy atom. The molecule has 1 N–H and O–H groups in total. The van der Waals surface area contributed by atoms with Crippen molar-refractivity contribution in [1.29, 1.82) is 0 Å². The summed E-state index contributed by atoms with van der Waals surface area (Å²) in [5.41, 5.74) is 4.35. The Hall–Kier alpha value is -3.13. The molecule has 0 amide bonds. The van der Waals surface area contributed by atoms with Crippen LogP contribution >= 0.6 is 0 Å². The van der Waals surface area contributed by atoms with E-state index in [2.05, 4.69) is 49.3 Å². The summed E-state index contributed by atoms with van der Waals surface area (Å²) in [6.07, 6.45) is 11.2. The average molecular weight is 360 g/mol. The number of nitrogens with one attached hydrogen (secondary N) is 1. The fourth-order valence-electron chi connectivity index (χ4n) is 3.53. The number of fused-ring (bicyclic) bond motifs is 2. The topological polar surface area (TPSA) is 84.1 Å². The molecule has 0 saturated heterocycles. The molecule has 0 atom stereocenters. The summed E-state index contributed by atoms with van der Waals surface area (Å²) in [4.78, 5) is 19.7. The molecule has 0 radical (unpaired) electrons. The highest BCUT2D eigenvalue weighted by Gasteiger charge is 2.30. The van der Waals surface area contributed by atoms with Gasteiger partial charge in [-0.05, 0) is 39.1 Å². The van der Waals surface area contributed by atoms with Crippen molar-refractivity contribution in [3.63, 3.8) is 0 Å². The number of hydrogen-bond donors (Lipinski definition) is 1. The zero-order valence-corrected chi connectivity index (χ0v) is 15.2. The van der Waals surface area contributed by atoms with E-state index < -0.39 is 0 Å².